The standard InChI is InChI=1S/C20H19N3O/c1-15-3-2-4-16(11-15)13-20(24)23-14-17-5-10-22-19(12-17)18-6-8-21-9-7-18/h2-12H,13-14H2,1H3,(H,23,24). The number of pyridine rings is 2. The predicted molar refractivity (Wildman–Crippen MR) is 94.2 cm³/mol. The van der Waals surface area contributed by atoms with E-state index in [-0.39, 0.29) is 5.91 Å². The molecule has 4 nitrogen and oxygen atoms in total. The molecule has 0 fully saturated rings. The summed E-state index contributed by atoms with van der Waals surface area (Å²) in [4.78, 5) is 20.5. The molecular formula is C20H19N3O. The highest BCUT2D eigenvalue weighted by atomic mass is 16.1. The van der Waals surface area contributed by atoms with Crippen LogP contribution in [0.25, 0.3) is 11.3 Å². The van der Waals surface area contributed by atoms with Gasteiger partial charge in [-0.2, -0.15) is 0 Å². The fourth-order valence-electron chi connectivity index (χ4n) is 2.54. The molecule has 0 unspecified atom stereocenters. The lowest BCUT2D eigenvalue weighted by molar-refractivity contribution is -0.120. The lowest BCUT2D eigenvalue weighted by atomic mass is 10.1. The first-order chi connectivity index (χ1) is 11.7. The van der Waals surface area contributed by atoms with Crippen molar-refractivity contribution in [2.24, 2.45) is 0 Å². The van der Waals surface area contributed by atoms with Crippen molar-refractivity contribution >= 4 is 5.91 Å². The fraction of sp³-hybridized carbons (Fsp3) is 0.150. The SMILES string of the molecule is Cc1cccc(CC(=O)NCc2ccnc(-c3ccncc3)c2)c1. The van der Waals surface area contributed by atoms with Gasteiger partial charge in [-0.3, -0.25) is 14.8 Å². The number of amides is 1. The number of nitrogens with zero attached hydrogens (tertiary/aromatic N) is 2. The summed E-state index contributed by atoms with van der Waals surface area (Å²) < 4.78 is 0. The summed E-state index contributed by atoms with van der Waals surface area (Å²) in [7, 11) is 0. The summed E-state index contributed by atoms with van der Waals surface area (Å²) in [6, 6.07) is 15.7. The molecule has 1 aromatic carbocycles. The van der Waals surface area contributed by atoms with Crippen LogP contribution in [0.1, 0.15) is 16.7 Å². The highest BCUT2D eigenvalue weighted by molar-refractivity contribution is 5.78. The number of carbonyl (C=O) groups excluding carboxylic acids is 1. The Kier molecular flexibility index (Phi) is 4.96. The molecule has 0 atom stereocenters. The monoisotopic (exact) mass is 317 g/mol. The minimum absolute atomic E-state index is 0.0165. The number of hydrogen-bond acceptors (Lipinski definition) is 3. The van der Waals surface area contributed by atoms with E-state index >= 15 is 0 Å². The third-order valence-electron chi connectivity index (χ3n) is 3.74. The van der Waals surface area contributed by atoms with Crippen LogP contribution in [0.2, 0.25) is 0 Å². The maximum Gasteiger partial charge on any atom is 0.224 e. The fourth-order valence-corrected chi connectivity index (χ4v) is 2.54. The van der Waals surface area contributed by atoms with Crippen molar-refractivity contribution in [2.45, 2.75) is 19.9 Å². The second-order valence-electron chi connectivity index (χ2n) is 5.73. The van der Waals surface area contributed by atoms with Crippen LogP contribution in [-0.4, -0.2) is 15.9 Å². The van der Waals surface area contributed by atoms with Crippen molar-refractivity contribution in [2.75, 3.05) is 0 Å². The van der Waals surface area contributed by atoms with E-state index in [0.717, 1.165) is 27.9 Å². The number of nitrogens with one attached hydrogen (secondary N) is 1. The van der Waals surface area contributed by atoms with Crippen molar-refractivity contribution in [1.29, 1.82) is 0 Å². The average Bonchev–Trinajstić information content (AvgIpc) is 2.61. The lowest BCUT2D eigenvalue weighted by Gasteiger charge is -2.07. The largest absolute Gasteiger partial charge is 0.352 e. The molecule has 4 heteroatoms. The molecule has 0 aliphatic heterocycles. The zero-order chi connectivity index (χ0) is 16.8. The van der Waals surface area contributed by atoms with E-state index in [0.29, 0.717) is 13.0 Å². The van der Waals surface area contributed by atoms with Crippen molar-refractivity contribution in [3.63, 3.8) is 0 Å². The Morgan fingerprint density at radius 2 is 1.83 bits per heavy atom. The first-order valence-electron chi connectivity index (χ1n) is 7.88. The van der Waals surface area contributed by atoms with Gasteiger partial charge < -0.3 is 5.32 Å². The average molecular weight is 317 g/mol. The van der Waals surface area contributed by atoms with Crippen LogP contribution in [0.5, 0.6) is 0 Å². The smallest absolute Gasteiger partial charge is 0.224 e. The molecule has 3 rings (SSSR count). The highest BCUT2D eigenvalue weighted by Gasteiger charge is 2.05. The van der Waals surface area contributed by atoms with E-state index in [2.05, 4.69) is 15.3 Å². The summed E-state index contributed by atoms with van der Waals surface area (Å²) in [5.74, 6) is 0.0165. The van der Waals surface area contributed by atoms with Crippen LogP contribution in [-0.2, 0) is 17.8 Å². The van der Waals surface area contributed by atoms with Gasteiger partial charge in [-0.1, -0.05) is 29.8 Å². The normalized spacial score (nSPS) is 10.4. The number of benzene rings is 1. The van der Waals surface area contributed by atoms with Gasteiger partial charge in [0.05, 0.1) is 12.1 Å². The lowest BCUT2D eigenvalue weighted by Crippen LogP contribution is -2.24. The van der Waals surface area contributed by atoms with Crippen molar-refractivity contribution in [3.05, 3.63) is 83.8 Å². The Labute approximate surface area is 141 Å². The molecule has 0 spiro atoms. The zero-order valence-corrected chi connectivity index (χ0v) is 13.6. The van der Waals surface area contributed by atoms with Gasteiger partial charge in [0.2, 0.25) is 5.91 Å². The van der Waals surface area contributed by atoms with Gasteiger partial charge in [-0.15, -0.1) is 0 Å². The van der Waals surface area contributed by atoms with Crippen LogP contribution in [0, 0.1) is 6.92 Å². The zero-order valence-electron chi connectivity index (χ0n) is 13.6. The van der Waals surface area contributed by atoms with Crippen LogP contribution < -0.4 is 5.32 Å². The van der Waals surface area contributed by atoms with Gasteiger partial charge in [-0.05, 0) is 42.3 Å². The van der Waals surface area contributed by atoms with Gasteiger partial charge in [-0.25, -0.2) is 0 Å². The van der Waals surface area contributed by atoms with E-state index in [4.69, 9.17) is 0 Å². The Morgan fingerprint density at radius 1 is 1.00 bits per heavy atom. The third-order valence-corrected chi connectivity index (χ3v) is 3.74. The first-order valence-corrected chi connectivity index (χ1v) is 7.88. The molecule has 0 aliphatic rings. The first kappa shape index (κ1) is 15.9. The number of aryl methyl sites for hydroxylation is 1. The van der Waals surface area contributed by atoms with Gasteiger partial charge in [0.25, 0.3) is 0 Å². The summed E-state index contributed by atoms with van der Waals surface area (Å²) in [6.07, 6.45) is 5.64. The second kappa shape index (κ2) is 7.51. The van der Waals surface area contributed by atoms with E-state index in [1.807, 2.05) is 55.5 Å². The third kappa shape index (κ3) is 4.26. The van der Waals surface area contributed by atoms with Crippen LogP contribution in [0.15, 0.2) is 67.1 Å². The number of aromatic nitrogens is 2. The molecule has 2 heterocycles. The molecule has 0 saturated heterocycles. The van der Waals surface area contributed by atoms with Gasteiger partial charge in [0.1, 0.15) is 0 Å². The Bertz CT molecular complexity index is 831. The molecule has 1 N–H and O–H groups in total. The molecule has 2 aromatic heterocycles. The molecule has 3 aromatic rings. The molecule has 0 aliphatic carbocycles. The van der Waals surface area contributed by atoms with Gasteiger partial charge in [0.15, 0.2) is 0 Å². The van der Waals surface area contributed by atoms with Crippen LogP contribution in [0.4, 0.5) is 0 Å². The van der Waals surface area contributed by atoms with Crippen LogP contribution >= 0.6 is 0 Å². The summed E-state index contributed by atoms with van der Waals surface area (Å²) in [6.45, 7) is 2.52. The maximum atomic E-state index is 12.1. The highest BCUT2D eigenvalue weighted by Crippen LogP contribution is 2.16. The predicted octanol–water partition coefficient (Wildman–Crippen LogP) is 3.31. The number of hydrogen-bond donors (Lipinski definition) is 1. The molecule has 1 amide bonds. The van der Waals surface area contributed by atoms with Crippen molar-refractivity contribution in [1.82, 2.24) is 15.3 Å². The van der Waals surface area contributed by atoms with E-state index in [1.165, 1.54) is 0 Å². The molecule has 0 bridgehead atoms. The molecule has 24 heavy (non-hydrogen) atoms. The van der Waals surface area contributed by atoms with Crippen molar-refractivity contribution in [3.8, 4) is 11.3 Å². The van der Waals surface area contributed by atoms with Crippen molar-refractivity contribution < 1.29 is 4.79 Å². The Balaban J connectivity index is 1.61. The van der Waals surface area contributed by atoms with E-state index < -0.39 is 0 Å². The Morgan fingerprint density at radius 3 is 2.62 bits per heavy atom. The maximum absolute atomic E-state index is 12.1. The second-order valence-corrected chi connectivity index (χ2v) is 5.73. The van der Waals surface area contributed by atoms with Crippen LogP contribution in [0.3, 0.4) is 0 Å². The Hall–Kier alpha value is -3.01. The topological polar surface area (TPSA) is 54.9 Å². The van der Waals surface area contributed by atoms with E-state index in [1.54, 1.807) is 18.6 Å². The number of rotatable bonds is 5. The quantitative estimate of drug-likeness (QED) is 0.785. The van der Waals surface area contributed by atoms with E-state index in [9.17, 15) is 4.79 Å². The molecule has 0 radical (unpaired) electrons. The summed E-state index contributed by atoms with van der Waals surface area (Å²) in [5, 5.41) is 2.97. The summed E-state index contributed by atoms with van der Waals surface area (Å²) in [5.41, 5.74) is 5.10. The molecule has 120 valence electrons. The van der Waals surface area contributed by atoms with Gasteiger partial charge >= 0.3 is 0 Å². The summed E-state index contributed by atoms with van der Waals surface area (Å²) >= 11 is 0. The molecular weight excluding hydrogens is 298 g/mol. The van der Waals surface area contributed by atoms with Gasteiger partial charge in [0, 0.05) is 30.7 Å². The molecule has 0 saturated carbocycles. The minimum Gasteiger partial charge on any atom is -0.352 e. The minimum atomic E-state index is 0.0165. The number of carbonyl (C=O) groups is 1.